The molecule has 0 bridgehead atoms. The maximum absolute atomic E-state index is 15.0. The third-order valence-corrected chi connectivity index (χ3v) is 5.91. The number of ether oxygens (including phenoxy) is 1. The van der Waals surface area contributed by atoms with Crippen LogP contribution in [0.2, 0.25) is 0 Å². The van der Waals surface area contributed by atoms with Gasteiger partial charge in [0, 0.05) is 45.2 Å². The van der Waals surface area contributed by atoms with Gasteiger partial charge in [-0.05, 0) is 30.3 Å². The van der Waals surface area contributed by atoms with E-state index in [0.717, 1.165) is 5.69 Å². The van der Waals surface area contributed by atoms with Gasteiger partial charge in [0.2, 0.25) is 5.91 Å². The second kappa shape index (κ2) is 9.32. The van der Waals surface area contributed by atoms with Gasteiger partial charge in [0.25, 0.3) is 0 Å². The number of piperidine rings is 1. The highest BCUT2D eigenvalue weighted by Gasteiger charge is 2.36. The van der Waals surface area contributed by atoms with Gasteiger partial charge in [0.05, 0.1) is 36.2 Å². The molecule has 2 aliphatic heterocycles. The summed E-state index contributed by atoms with van der Waals surface area (Å²) >= 11 is 0. The second-order valence-electron chi connectivity index (χ2n) is 8.24. The summed E-state index contributed by atoms with van der Waals surface area (Å²) in [6, 6.07) is 10.7. The van der Waals surface area contributed by atoms with Crippen molar-refractivity contribution in [1.29, 1.82) is 5.26 Å². The average molecular weight is 452 g/mol. The SMILES string of the molecule is CC(=O)NCC1CN(c2ccc(N3CCC(C#N)(Nc4cccnc4)CC3)c(F)c2)C(=O)O1. The Balaban J connectivity index is 1.40. The smallest absolute Gasteiger partial charge is 0.414 e. The molecule has 0 radical (unpaired) electrons. The third-order valence-electron chi connectivity index (χ3n) is 5.91. The molecule has 1 aromatic heterocycles. The Morgan fingerprint density at radius 2 is 2.15 bits per heavy atom. The Morgan fingerprint density at radius 1 is 1.36 bits per heavy atom. The highest BCUT2D eigenvalue weighted by Crippen LogP contribution is 2.32. The van der Waals surface area contributed by atoms with E-state index in [0.29, 0.717) is 37.3 Å². The van der Waals surface area contributed by atoms with Gasteiger partial charge in [-0.3, -0.25) is 14.7 Å². The lowest BCUT2D eigenvalue weighted by molar-refractivity contribution is -0.119. The first kappa shape index (κ1) is 22.3. The number of rotatable bonds is 6. The fourth-order valence-corrected chi connectivity index (χ4v) is 4.12. The summed E-state index contributed by atoms with van der Waals surface area (Å²) in [4.78, 5) is 30.6. The van der Waals surface area contributed by atoms with E-state index in [2.05, 4.69) is 21.7 Å². The lowest BCUT2D eigenvalue weighted by Gasteiger charge is -2.39. The van der Waals surface area contributed by atoms with Crippen molar-refractivity contribution in [3.63, 3.8) is 0 Å². The molecule has 0 spiro atoms. The van der Waals surface area contributed by atoms with Crippen LogP contribution in [0.3, 0.4) is 0 Å². The maximum atomic E-state index is 15.0. The number of amides is 2. The number of benzene rings is 1. The van der Waals surface area contributed by atoms with Crippen molar-refractivity contribution in [2.24, 2.45) is 0 Å². The van der Waals surface area contributed by atoms with Crippen molar-refractivity contribution < 1.29 is 18.7 Å². The summed E-state index contributed by atoms with van der Waals surface area (Å²) in [5.74, 6) is -0.659. The molecule has 4 rings (SSSR count). The molecule has 0 saturated carbocycles. The number of pyridine rings is 1. The zero-order valence-corrected chi connectivity index (χ0v) is 18.3. The molecule has 3 heterocycles. The Hall–Kier alpha value is -3.87. The zero-order chi connectivity index (χ0) is 23.4. The number of nitrogens with one attached hydrogen (secondary N) is 2. The molecule has 1 unspecified atom stereocenters. The van der Waals surface area contributed by atoms with Crippen LogP contribution < -0.4 is 20.4 Å². The zero-order valence-electron chi connectivity index (χ0n) is 18.3. The first-order valence-corrected chi connectivity index (χ1v) is 10.8. The van der Waals surface area contributed by atoms with Crippen LogP contribution in [0.1, 0.15) is 19.8 Å². The molecule has 2 aromatic rings. The summed E-state index contributed by atoms with van der Waals surface area (Å²) in [5, 5.41) is 15.7. The van der Waals surface area contributed by atoms with Crippen LogP contribution in [0.5, 0.6) is 0 Å². The topological polar surface area (TPSA) is 111 Å². The molecule has 0 aliphatic carbocycles. The predicted octanol–water partition coefficient (Wildman–Crippen LogP) is 2.66. The number of nitriles is 1. The Bertz CT molecular complexity index is 1070. The predicted molar refractivity (Wildman–Crippen MR) is 120 cm³/mol. The third kappa shape index (κ3) is 4.98. The van der Waals surface area contributed by atoms with Gasteiger partial charge in [-0.2, -0.15) is 5.26 Å². The van der Waals surface area contributed by atoms with E-state index in [4.69, 9.17) is 4.74 Å². The van der Waals surface area contributed by atoms with Crippen LogP contribution in [0.4, 0.5) is 26.2 Å². The van der Waals surface area contributed by atoms with Crippen LogP contribution in [0.15, 0.2) is 42.7 Å². The number of hydrogen-bond donors (Lipinski definition) is 2. The van der Waals surface area contributed by atoms with E-state index in [1.807, 2.05) is 11.0 Å². The maximum Gasteiger partial charge on any atom is 0.414 e. The fraction of sp³-hybridized carbons (Fsp3) is 0.391. The molecule has 2 saturated heterocycles. The highest BCUT2D eigenvalue weighted by molar-refractivity contribution is 5.90. The van der Waals surface area contributed by atoms with Crippen LogP contribution in [0, 0.1) is 17.1 Å². The molecule has 2 aliphatic rings. The fourth-order valence-electron chi connectivity index (χ4n) is 4.12. The lowest BCUT2D eigenvalue weighted by Crippen LogP contribution is -2.48. The van der Waals surface area contributed by atoms with E-state index in [1.165, 1.54) is 17.9 Å². The summed E-state index contributed by atoms with van der Waals surface area (Å²) in [6.45, 7) is 2.83. The number of cyclic esters (lactones) is 1. The van der Waals surface area contributed by atoms with Crippen LogP contribution in [0.25, 0.3) is 0 Å². The summed E-state index contributed by atoms with van der Waals surface area (Å²) in [5.41, 5.74) is 0.859. The number of carbonyl (C=O) groups is 2. The number of aromatic nitrogens is 1. The molecule has 33 heavy (non-hydrogen) atoms. The van der Waals surface area contributed by atoms with Crippen molar-refractivity contribution in [3.8, 4) is 6.07 Å². The van der Waals surface area contributed by atoms with E-state index >= 15 is 4.39 Å². The van der Waals surface area contributed by atoms with E-state index < -0.39 is 23.6 Å². The minimum absolute atomic E-state index is 0.208. The first-order valence-electron chi connectivity index (χ1n) is 10.8. The van der Waals surface area contributed by atoms with E-state index in [9.17, 15) is 14.9 Å². The van der Waals surface area contributed by atoms with Crippen LogP contribution >= 0.6 is 0 Å². The first-order chi connectivity index (χ1) is 15.9. The molecule has 2 amide bonds. The Labute approximate surface area is 191 Å². The van der Waals surface area contributed by atoms with E-state index in [-0.39, 0.29) is 19.0 Å². The van der Waals surface area contributed by atoms with Gasteiger partial charge < -0.3 is 20.3 Å². The summed E-state index contributed by atoms with van der Waals surface area (Å²) in [6.07, 6.45) is 3.32. The van der Waals surface area contributed by atoms with Crippen LogP contribution in [-0.2, 0) is 9.53 Å². The van der Waals surface area contributed by atoms with Gasteiger partial charge in [-0.15, -0.1) is 0 Å². The van der Waals surface area contributed by atoms with Crippen molar-refractivity contribution in [2.75, 3.05) is 41.3 Å². The van der Waals surface area contributed by atoms with Crippen molar-refractivity contribution in [2.45, 2.75) is 31.4 Å². The number of anilines is 3. The van der Waals surface area contributed by atoms with Crippen molar-refractivity contribution >= 4 is 29.1 Å². The minimum atomic E-state index is -0.738. The Kier molecular flexibility index (Phi) is 6.31. The van der Waals surface area contributed by atoms with Gasteiger partial charge in [0.1, 0.15) is 17.5 Å². The molecule has 10 heteroatoms. The molecule has 1 atom stereocenters. The summed E-state index contributed by atoms with van der Waals surface area (Å²) in [7, 11) is 0. The number of carbonyl (C=O) groups excluding carboxylic acids is 2. The molecule has 9 nitrogen and oxygen atoms in total. The number of nitrogens with zero attached hydrogens (tertiary/aromatic N) is 4. The van der Waals surface area contributed by atoms with Crippen LogP contribution in [-0.4, -0.2) is 54.8 Å². The van der Waals surface area contributed by atoms with E-state index in [1.54, 1.807) is 30.6 Å². The standard InChI is InChI=1S/C23H25FN6O3/c1-16(31)27-13-19-14-30(22(32)33-19)18-4-5-21(20(24)11-18)29-9-6-23(15-25,7-10-29)28-17-3-2-8-26-12-17/h2-5,8,11-12,19,28H,6-7,9-10,13-14H2,1H3,(H,27,31). The molecule has 172 valence electrons. The quantitative estimate of drug-likeness (QED) is 0.693. The molecular formula is C23H25FN6O3. The number of hydrogen-bond acceptors (Lipinski definition) is 7. The largest absolute Gasteiger partial charge is 0.442 e. The van der Waals surface area contributed by atoms with Crippen molar-refractivity contribution in [1.82, 2.24) is 10.3 Å². The molecule has 1 aromatic carbocycles. The van der Waals surface area contributed by atoms with Gasteiger partial charge in [-0.1, -0.05) is 0 Å². The normalized spacial score (nSPS) is 19.5. The van der Waals surface area contributed by atoms with Gasteiger partial charge in [-0.25, -0.2) is 9.18 Å². The molecular weight excluding hydrogens is 427 g/mol. The molecule has 2 fully saturated rings. The Morgan fingerprint density at radius 3 is 2.79 bits per heavy atom. The number of halogens is 1. The highest BCUT2D eigenvalue weighted by atomic mass is 19.1. The van der Waals surface area contributed by atoms with Crippen molar-refractivity contribution in [3.05, 3.63) is 48.5 Å². The average Bonchev–Trinajstić information content (AvgIpc) is 3.19. The molecule has 2 N–H and O–H groups in total. The van der Waals surface area contributed by atoms with Gasteiger partial charge in [0.15, 0.2) is 0 Å². The summed E-state index contributed by atoms with van der Waals surface area (Å²) < 4.78 is 20.3. The lowest BCUT2D eigenvalue weighted by atomic mass is 9.88. The monoisotopic (exact) mass is 452 g/mol. The van der Waals surface area contributed by atoms with Gasteiger partial charge >= 0.3 is 6.09 Å². The minimum Gasteiger partial charge on any atom is -0.442 e. The second-order valence-corrected chi connectivity index (χ2v) is 8.24.